The van der Waals surface area contributed by atoms with Crippen LogP contribution in [0.25, 0.3) is 0 Å². The fourth-order valence-corrected chi connectivity index (χ4v) is 3.45. The van der Waals surface area contributed by atoms with Crippen LogP contribution < -0.4 is 11.3 Å². The Hall–Kier alpha value is -1.23. The van der Waals surface area contributed by atoms with Crippen molar-refractivity contribution in [3.8, 4) is 0 Å². The Morgan fingerprint density at radius 3 is 2.85 bits per heavy atom. The van der Waals surface area contributed by atoms with E-state index in [1.807, 2.05) is 0 Å². The quantitative estimate of drug-likeness (QED) is 0.658. The minimum absolute atomic E-state index is 0.0570. The maximum Gasteiger partial charge on any atom is 0.123 e. The molecule has 0 fully saturated rings. The first kappa shape index (κ1) is 13.7. The molecule has 1 aliphatic rings. The number of hydrazine groups is 1. The highest BCUT2D eigenvalue weighted by molar-refractivity contribution is 9.10. The van der Waals surface area contributed by atoms with Crippen LogP contribution in [0.4, 0.5) is 4.39 Å². The summed E-state index contributed by atoms with van der Waals surface area (Å²) in [5.74, 6) is 5.93. The van der Waals surface area contributed by atoms with Crippen LogP contribution in [0.2, 0.25) is 0 Å². The number of halogens is 2. The van der Waals surface area contributed by atoms with Gasteiger partial charge in [0.05, 0.1) is 0 Å². The van der Waals surface area contributed by atoms with Gasteiger partial charge < -0.3 is 0 Å². The normalized spacial score (nSPS) is 18.2. The minimum Gasteiger partial charge on any atom is -0.271 e. The Labute approximate surface area is 126 Å². The summed E-state index contributed by atoms with van der Waals surface area (Å²) in [6.45, 7) is 0. The van der Waals surface area contributed by atoms with E-state index in [0.717, 1.165) is 22.9 Å². The molecule has 0 saturated heterocycles. The fourth-order valence-electron chi connectivity index (χ4n) is 2.92. The molecule has 2 aromatic rings. The molecule has 2 nitrogen and oxygen atoms in total. The van der Waals surface area contributed by atoms with Crippen molar-refractivity contribution in [2.75, 3.05) is 0 Å². The van der Waals surface area contributed by atoms with E-state index in [2.05, 4.69) is 45.6 Å². The SMILES string of the molecule is NNC(CC1Cc2ccccc21)c1cc(F)ccc1Br. The predicted molar refractivity (Wildman–Crippen MR) is 81.7 cm³/mol. The number of hydrogen-bond acceptors (Lipinski definition) is 2. The van der Waals surface area contributed by atoms with Gasteiger partial charge in [0, 0.05) is 10.5 Å². The molecular formula is C16H16BrFN2. The van der Waals surface area contributed by atoms with Gasteiger partial charge in [-0.15, -0.1) is 0 Å². The third kappa shape index (κ3) is 2.51. The number of fused-ring (bicyclic) bond motifs is 1. The van der Waals surface area contributed by atoms with Crippen molar-refractivity contribution in [3.63, 3.8) is 0 Å². The average molecular weight is 335 g/mol. The Kier molecular flexibility index (Phi) is 3.87. The van der Waals surface area contributed by atoms with E-state index in [1.54, 1.807) is 12.1 Å². The van der Waals surface area contributed by atoms with Gasteiger partial charge in [-0.25, -0.2) is 4.39 Å². The number of nitrogens with one attached hydrogen (secondary N) is 1. The molecule has 0 bridgehead atoms. The predicted octanol–water partition coefficient (Wildman–Crippen LogP) is 3.82. The molecule has 0 radical (unpaired) electrons. The summed E-state index contributed by atoms with van der Waals surface area (Å²) in [4.78, 5) is 0. The molecular weight excluding hydrogens is 319 g/mol. The molecule has 20 heavy (non-hydrogen) atoms. The molecule has 3 rings (SSSR count). The zero-order valence-corrected chi connectivity index (χ0v) is 12.5. The number of benzene rings is 2. The lowest BCUT2D eigenvalue weighted by molar-refractivity contribution is 0.433. The van der Waals surface area contributed by atoms with Gasteiger partial charge in [-0.2, -0.15) is 0 Å². The minimum atomic E-state index is -0.238. The van der Waals surface area contributed by atoms with Gasteiger partial charge in [-0.3, -0.25) is 11.3 Å². The van der Waals surface area contributed by atoms with Gasteiger partial charge in [0.25, 0.3) is 0 Å². The van der Waals surface area contributed by atoms with Crippen molar-refractivity contribution in [2.45, 2.75) is 24.8 Å². The lowest BCUT2D eigenvalue weighted by atomic mass is 9.74. The second kappa shape index (κ2) is 5.64. The molecule has 104 valence electrons. The average Bonchev–Trinajstić information content (AvgIpc) is 2.43. The molecule has 2 atom stereocenters. The fraction of sp³-hybridized carbons (Fsp3) is 0.250. The lowest BCUT2D eigenvalue weighted by Crippen LogP contribution is -2.32. The van der Waals surface area contributed by atoms with Crippen LogP contribution >= 0.6 is 15.9 Å². The maximum absolute atomic E-state index is 13.4. The Morgan fingerprint density at radius 2 is 2.10 bits per heavy atom. The summed E-state index contributed by atoms with van der Waals surface area (Å²) < 4.78 is 14.3. The highest BCUT2D eigenvalue weighted by Crippen LogP contribution is 2.41. The van der Waals surface area contributed by atoms with Crippen LogP contribution in [0.5, 0.6) is 0 Å². The molecule has 2 aromatic carbocycles. The van der Waals surface area contributed by atoms with Crippen LogP contribution in [0, 0.1) is 5.82 Å². The van der Waals surface area contributed by atoms with Crippen molar-refractivity contribution in [1.82, 2.24) is 5.43 Å². The standard InChI is InChI=1S/C16H16BrFN2/c17-15-6-5-12(18)9-14(15)16(20-19)8-11-7-10-3-1-2-4-13(10)11/h1-6,9,11,16,20H,7-8,19H2. The Morgan fingerprint density at radius 1 is 1.30 bits per heavy atom. The molecule has 0 saturated carbocycles. The largest absolute Gasteiger partial charge is 0.271 e. The smallest absolute Gasteiger partial charge is 0.123 e. The Bertz CT molecular complexity index is 630. The van der Waals surface area contributed by atoms with E-state index >= 15 is 0 Å². The van der Waals surface area contributed by atoms with Crippen molar-refractivity contribution in [1.29, 1.82) is 0 Å². The first-order valence-corrected chi connectivity index (χ1v) is 7.47. The van der Waals surface area contributed by atoms with Crippen LogP contribution in [0.15, 0.2) is 46.9 Å². The van der Waals surface area contributed by atoms with E-state index < -0.39 is 0 Å². The Balaban J connectivity index is 1.80. The zero-order valence-electron chi connectivity index (χ0n) is 10.9. The van der Waals surface area contributed by atoms with Crippen LogP contribution in [0.1, 0.15) is 35.1 Å². The summed E-state index contributed by atoms with van der Waals surface area (Å²) in [6, 6.07) is 13.1. The van der Waals surface area contributed by atoms with Gasteiger partial charge in [-0.1, -0.05) is 40.2 Å². The van der Waals surface area contributed by atoms with E-state index in [0.29, 0.717) is 5.92 Å². The van der Waals surface area contributed by atoms with Gasteiger partial charge in [0.2, 0.25) is 0 Å². The van der Waals surface area contributed by atoms with E-state index in [-0.39, 0.29) is 11.9 Å². The number of hydrogen-bond donors (Lipinski definition) is 2. The van der Waals surface area contributed by atoms with Crippen LogP contribution in [-0.4, -0.2) is 0 Å². The van der Waals surface area contributed by atoms with Crippen molar-refractivity contribution in [2.24, 2.45) is 5.84 Å². The second-order valence-corrected chi connectivity index (χ2v) is 6.07. The summed E-state index contributed by atoms with van der Waals surface area (Å²) in [5.41, 5.74) is 6.49. The molecule has 0 amide bonds. The van der Waals surface area contributed by atoms with Crippen molar-refractivity contribution >= 4 is 15.9 Å². The van der Waals surface area contributed by atoms with Gasteiger partial charge >= 0.3 is 0 Å². The molecule has 0 heterocycles. The number of rotatable bonds is 4. The molecule has 3 N–H and O–H groups in total. The molecule has 0 aromatic heterocycles. The van der Waals surface area contributed by atoms with E-state index in [4.69, 9.17) is 5.84 Å². The summed E-state index contributed by atoms with van der Waals surface area (Å²) in [5, 5.41) is 0. The molecule has 0 aliphatic heterocycles. The van der Waals surface area contributed by atoms with Crippen LogP contribution in [0.3, 0.4) is 0 Å². The van der Waals surface area contributed by atoms with Crippen LogP contribution in [-0.2, 0) is 6.42 Å². The monoisotopic (exact) mass is 334 g/mol. The van der Waals surface area contributed by atoms with Gasteiger partial charge in [0.15, 0.2) is 0 Å². The highest BCUT2D eigenvalue weighted by Gasteiger charge is 2.29. The van der Waals surface area contributed by atoms with Crippen molar-refractivity contribution < 1.29 is 4.39 Å². The molecule has 4 heteroatoms. The molecule has 2 unspecified atom stereocenters. The zero-order chi connectivity index (χ0) is 14.1. The topological polar surface area (TPSA) is 38.0 Å². The molecule has 0 spiro atoms. The third-order valence-electron chi connectivity index (χ3n) is 4.02. The molecule has 1 aliphatic carbocycles. The first-order valence-electron chi connectivity index (χ1n) is 6.68. The number of nitrogens with two attached hydrogens (primary N) is 1. The second-order valence-electron chi connectivity index (χ2n) is 5.22. The lowest BCUT2D eigenvalue weighted by Gasteiger charge is -2.33. The third-order valence-corrected chi connectivity index (χ3v) is 4.74. The highest BCUT2D eigenvalue weighted by atomic mass is 79.9. The van der Waals surface area contributed by atoms with E-state index in [1.165, 1.54) is 17.2 Å². The summed E-state index contributed by atoms with van der Waals surface area (Å²) in [6.07, 6.45) is 1.94. The summed E-state index contributed by atoms with van der Waals surface area (Å²) in [7, 11) is 0. The van der Waals surface area contributed by atoms with E-state index in [9.17, 15) is 4.39 Å². The first-order chi connectivity index (χ1) is 9.69. The van der Waals surface area contributed by atoms with Crippen molar-refractivity contribution in [3.05, 3.63) is 69.4 Å². The van der Waals surface area contributed by atoms with Gasteiger partial charge in [-0.05, 0) is 53.6 Å². The van der Waals surface area contributed by atoms with Gasteiger partial charge in [0.1, 0.15) is 5.82 Å². The maximum atomic E-state index is 13.4. The summed E-state index contributed by atoms with van der Waals surface area (Å²) >= 11 is 3.47.